The van der Waals surface area contributed by atoms with Crippen molar-refractivity contribution in [1.82, 2.24) is 10.3 Å². The summed E-state index contributed by atoms with van der Waals surface area (Å²) in [5, 5.41) is 3.46. The van der Waals surface area contributed by atoms with E-state index < -0.39 is 0 Å². The molecule has 4 heteroatoms. The van der Waals surface area contributed by atoms with Crippen LogP contribution in [0.2, 0.25) is 0 Å². The first-order chi connectivity index (χ1) is 8.98. The number of rotatable bonds is 6. The maximum Gasteiger partial charge on any atom is 0.181 e. The maximum absolute atomic E-state index is 5.59. The van der Waals surface area contributed by atoms with Crippen LogP contribution in [-0.2, 0) is 17.7 Å². The summed E-state index contributed by atoms with van der Waals surface area (Å²) < 4.78 is 11.1. The van der Waals surface area contributed by atoms with Crippen molar-refractivity contribution in [1.29, 1.82) is 0 Å². The highest BCUT2D eigenvalue weighted by molar-refractivity contribution is 5.09. The Bertz CT molecular complexity index is 389. The number of aromatic nitrogens is 1. The Labute approximate surface area is 115 Å². The molecule has 2 rings (SSSR count). The SMILES string of the molecule is CCOC1CC(Cc2ocnc2CNC(C)(C)C)C1. The van der Waals surface area contributed by atoms with Crippen LogP contribution in [0, 0.1) is 5.92 Å². The fraction of sp³-hybridized carbons (Fsp3) is 0.800. The molecule has 1 aromatic heterocycles. The first-order valence-electron chi connectivity index (χ1n) is 7.26. The van der Waals surface area contributed by atoms with Gasteiger partial charge >= 0.3 is 0 Å². The molecule has 0 saturated heterocycles. The first kappa shape index (κ1) is 14.5. The van der Waals surface area contributed by atoms with Crippen molar-refractivity contribution in [3.63, 3.8) is 0 Å². The summed E-state index contributed by atoms with van der Waals surface area (Å²) >= 11 is 0. The van der Waals surface area contributed by atoms with Crippen LogP contribution in [0.15, 0.2) is 10.8 Å². The van der Waals surface area contributed by atoms with Crippen LogP contribution < -0.4 is 5.32 Å². The fourth-order valence-corrected chi connectivity index (χ4v) is 2.43. The standard InChI is InChI=1S/C15H26N2O2/c1-5-18-12-6-11(7-12)8-14-13(16-10-19-14)9-17-15(2,3)4/h10-12,17H,5-9H2,1-4H3. The third-order valence-corrected chi connectivity index (χ3v) is 3.58. The molecule has 1 aromatic rings. The highest BCUT2D eigenvalue weighted by atomic mass is 16.5. The smallest absolute Gasteiger partial charge is 0.181 e. The molecular weight excluding hydrogens is 240 g/mol. The average Bonchev–Trinajstić information content (AvgIpc) is 2.70. The van der Waals surface area contributed by atoms with E-state index >= 15 is 0 Å². The summed E-state index contributed by atoms with van der Waals surface area (Å²) in [4.78, 5) is 4.33. The topological polar surface area (TPSA) is 47.3 Å². The van der Waals surface area contributed by atoms with Crippen molar-refractivity contribution in [2.75, 3.05) is 6.61 Å². The lowest BCUT2D eigenvalue weighted by molar-refractivity contribution is -0.0252. The van der Waals surface area contributed by atoms with E-state index in [0.29, 0.717) is 12.0 Å². The van der Waals surface area contributed by atoms with E-state index in [1.165, 1.54) is 0 Å². The highest BCUT2D eigenvalue weighted by Gasteiger charge is 2.31. The largest absolute Gasteiger partial charge is 0.448 e. The molecule has 1 aliphatic carbocycles. The normalized spacial score (nSPS) is 23.4. The van der Waals surface area contributed by atoms with Crippen LogP contribution in [0.4, 0.5) is 0 Å². The van der Waals surface area contributed by atoms with Gasteiger partial charge in [0.1, 0.15) is 5.76 Å². The second kappa shape index (κ2) is 6.06. The molecule has 0 spiro atoms. The second-order valence-electron chi connectivity index (χ2n) is 6.44. The highest BCUT2D eigenvalue weighted by Crippen LogP contribution is 2.33. The van der Waals surface area contributed by atoms with Crippen molar-refractivity contribution in [3.05, 3.63) is 17.8 Å². The molecule has 4 nitrogen and oxygen atoms in total. The van der Waals surface area contributed by atoms with Crippen molar-refractivity contribution < 1.29 is 9.15 Å². The lowest BCUT2D eigenvalue weighted by Crippen LogP contribution is -2.36. The molecule has 1 N–H and O–H groups in total. The molecule has 19 heavy (non-hydrogen) atoms. The van der Waals surface area contributed by atoms with Gasteiger partial charge in [0.15, 0.2) is 6.39 Å². The van der Waals surface area contributed by atoms with Gasteiger partial charge in [0.05, 0.1) is 11.8 Å². The van der Waals surface area contributed by atoms with Gasteiger partial charge < -0.3 is 14.5 Å². The lowest BCUT2D eigenvalue weighted by Gasteiger charge is -2.34. The van der Waals surface area contributed by atoms with Crippen molar-refractivity contribution in [2.24, 2.45) is 5.92 Å². The van der Waals surface area contributed by atoms with Crippen LogP contribution in [0.3, 0.4) is 0 Å². The predicted octanol–water partition coefficient (Wildman–Crippen LogP) is 2.92. The summed E-state index contributed by atoms with van der Waals surface area (Å²) in [7, 11) is 0. The number of oxazole rings is 1. The summed E-state index contributed by atoms with van der Waals surface area (Å²) in [5.74, 6) is 1.73. The third-order valence-electron chi connectivity index (χ3n) is 3.58. The molecule has 0 unspecified atom stereocenters. The maximum atomic E-state index is 5.59. The molecule has 108 valence electrons. The van der Waals surface area contributed by atoms with Crippen molar-refractivity contribution in [2.45, 2.75) is 65.1 Å². The van der Waals surface area contributed by atoms with E-state index in [0.717, 1.165) is 43.9 Å². The van der Waals surface area contributed by atoms with Gasteiger partial charge in [-0.05, 0) is 46.5 Å². The van der Waals surface area contributed by atoms with Gasteiger partial charge in [0.25, 0.3) is 0 Å². The van der Waals surface area contributed by atoms with E-state index in [-0.39, 0.29) is 5.54 Å². The molecular formula is C15H26N2O2. The molecule has 0 radical (unpaired) electrons. The van der Waals surface area contributed by atoms with Gasteiger partial charge in [-0.25, -0.2) is 4.98 Å². The quantitative estimate of drug-likeness (QED) is 0.860. The Morgan fingerprint density at radius 2 is 2.16 bits per heavy atom. The van der Waals surface area contributed by atoms with E-state index in [1.54, 1.807) is 6.39 Å². The number of hydrogen-bond donors (Lipinski definition) is 1. The fourth-order valence-electron chi connectivity index (χ4n) is 2.43. The van der Waals surface area contributed by atoms with Gasteiger partial charge in [-0.2, -0.15) is 0 Å². The third kappa shape index (κ3) is 4.32. The average molecular weight is 266 g/mol. The Hall–Kier alpha value is -0.870. The molecule has 1 heterocycles. The Morgan fingerprint density at radius 3 is 2.79 bits per heavy atom. The van der Waals surface area contributed by atoms with E-state index in [1.807, 2.05) is 0 Å². The number of ether oxygens (including phenoxy) is 1. The van der Waals surface area contributed by atoms with Gasteiger partial charge in [0, 0.05) is 25.1 Å². The Morgan fingerprint density at radius 1 is 1.42 bits per heavy atom. The zero-order valence-corrected chi connectivity index (χ0v) is 12.5. The molecule has 0 bridgehead atoms. The van der Waals surface area contributed by atoms with Crippen molar-refractivity contribution in [3.8, 4) is 0 Å². The number of nitrogens with zero attached hydrogens (tertiary/aromatic N) is 1. The summed E-state index contributed by atoms with van der Waals surface area (Å²) in [5.41, 5.74) is 1.15. The molecule has 0 aromatic carbocycles. The molecule has 1 fully saturated rings. The molecule has 0 aliphatic heterocycles. The minimum atomic E-state index is 0.104. The second-order valence-corrected chi connectivity index (χ2v) is 6.44. The first-order valence-corrected chi connectivity index (χ1v) is 7.26. The molecule has 0 atom stereocenters. The summed E-state index contributed by atoms with van der Waals surface area (Å²) in [6, 6.07) is 0. The molecule has 1 saturated carbocycles. The number of nitrogens with one attached hydrogen (secondary N) is 1. The Balaban J connectivity index is 1.80. The van der Waals surface area contributed by atoms with Crippen LogP contribution in [0.25, 0.3) is 0 Å². The van der Waals surface area contributed by atoms with Crippen LogP contribution in [0.5, 0.6) is 0 Å². The van der Waals surface area contributed by atoms with Crippen LogP contribution in [0.1, 0.15) is 52.0 Å². The summed E-state index contributed by atoms with van der Waals surface area (Å²) in [6.07, 6.45) is 5.33. The van der Waals surface area contributed by atoms with Gasteiger partial charge in [-0.15, -0.1) is 0 Å². The van der Waals surface area contributed by atoms with E-state index in [9.17, 15) is 0 Å². The van der Waals surface area contributed by atoms with Gasteiger partial charge in [-0.3, -0.25) is 0 Å². The lowest BCUT2D eigenvalue weighted by atomic mass is 9.79. The van der Waals surface area contributed by atoms with E-state index in [2.05, 4.69) is 38.0 Å². The minimum absolute atomic E-state index is 0.104. The van der Waals surface area contributed by atoms with Crippen molar-refractivity contribution >= 4 is 0 Å². The predicted molar refractivity (Wildman–Crippen MR) is 74.9 cm³/mol. The zero-order chi connectivity index (χ0) is 13.9. The summed E-state index contributed by atoms with van der Waals surface area (Å²) in [6.45, 7) is 10.1. The molecule has 1 aliphatic rings. The van der Waals surface area contributed by atoms with Crippen LogP contribution >= 0.6 is 0 Å². The monoisotopic (exact) mass is 266 g/mol. The molecule has 0 amide bonds. The van der Waals surface area contributed by atoms with Crippen LogP contribution in [-0.4, -0.2) is 23.2 Å². The zero-order valence-electron chi connectivity index (χ0n) is 12.5. The Kier molecular flexibility index (Phi) is 4.63. The number of hydrogen-bond acceptors (Lipinski definition) is 4. The van der Waals surface area contributed by atoms with E-state index in [4.69, 9.17) is 9.15 Å². The van der Waals surface area contributed by atoms with Gasteiger partial charge in [-0.1, -0.05) is 0 Å². The van der Waals surface area contributed by atoms with Gasteiger partial charge in [0.2, 0.25) is 0 Å². The minimum Gasteiger partial charge on any atom is -0.448 e.